The molecule has 0 saturated heterocycles. The third kappa shape index (κ3) is 19.7. The van der Waals surface area contributed by atoms with Gasteiger partial charge in [0.05, 0.1) is 0 Å². The van der Waals surface area contributed by atoms with E-state index in [4.69, 9.17) is 34.2 Å². The molecule has 29 nitrogen and oxygen atoms in total. The normalized spacial score (nSPS) is 11.7. The minimum Gasteiger partial charge on any atom is -0.454 e. The number of aromatic nitrogens is 6. The fraction of sp³-hybridized carbons (Fsp3) is 0.327. The first kappa shape index (κ1) is 58.5. The Balaban J connectivity index is 0.000000176. The van der Waals surface area contributed by atoms with Crippen LogP contribution in [0, 0.1) is 20.8 Å². The number of urea groups is 3. The van der Waals surface area contributed by atoms with Crippen molar-refractivity contribution < 1.29 is 52.4 Å². The van der Waals surface area contributed by atoms with Gasteiger partial charge in [0, 0.05) is 117 Å². The summed E-state index contributed by atoms with van der Waals surface area (Å²) in [6.45, 7) is 12.6. The number of hydrogen-bond acceptors (Lipinski definition) is 21. The molecular weight excluding hydrogens is 1050 g/mol. The third-order valence-electron chi connectivity index (χ3n) is 10.9. The Bertz CT molecular complexity index is 3030. The van der Waals surface area contributed by atoms with E-state index < -0.39 is 18.1 Å². The van der Waals surface area contributed by atoms with Gasteiger partial charge in [0.25, 0.3) is 0 Å². The molecule has 0 atom stereocenters. The van der Waals surface area contributed by atoms with Gasteiger partial charge in [0.15, 0.2) is 34.5 Å². The number of nitrogens with zero attached hydrogens (tertiary/aromatic N) is 6. The number of carbonyl (C=O) groups excluding carboxylic acids is 5. The van der Waals surface area contributed by atoms with Gasteiger partial charge < -0.3 is 76.7 Å². The van der Waals surface area contributed by atoms with Crippen LogP contribution in [0.3, 0.4) is 0 Å². The number of aryl methyl sites for hydroxylation is 3. The van der Waals surface area contributed by atoms with Gasteiger partial charge in [-0.25, -0.2) is 29.3 Å². The molecular formula is C52H64N18O11. The second kappa shape index (κ2) is 29.5. The number of nitrogens with one attached hydrogen (secondary N) is 11. The van der Waals surface area contributed by atoms with E-state index in [0.29, 0.717) is 120 Å². The summed E-state index contributed by atoms with van der Waals surface area (Å²) in [5.41, 5.74) is 9.32. The Labute approximate surface area is 465 Å². The smallest absolute Gasteiger partial charge is 0.326 e. The number of carbonyl (C=O) groups is 5. The predicted octanol–water partition coefficient (Wildman–Crippen LogP) is 6.11. The van der Waals surface area contributed by atoms with Crippen molar-refractivity contribution in [3.8, 4) is 34.5 Å². The standard InChI is InChI=1S/2C18H22N6O4.C16H20N6O3/c2*1-11-8-16(20-7-3-6-19-12(2)25)23-17(21-11)24-18(26)22-13-4-5-14-15(9-13)28-10-27-14;1-10-7-14(18-6-2-5-17)21-15(19-10)22-16(23)20-11-3-4-12-13(8-11)25-9-24-12/h2*4-5,8-9H,3,6-7,10H2,1-2H3,(H,19,25)(H3,20,21,22,23,24,26);3-4,7-8H,2,5-6,9,17H2,1H3,(H3,18,19,20,21,22,23). The van der Waals surface area contributed by atoms with Crippen molar-refractivity contribution in [3.63, 3.8) is 0 Å². The maximum Gasteiger partial charge on any atom is 0.326 e. The lowest BCUT2D eigenvalue weighted by Gasteiger charge is -2.10. The van der Waals surface area contributed by atoms with Crippen LogP contribution in [0.15, 0.2) is 72.8 Å². The lowest BCUT2D eigenvalue weighted by atomic mass is 10.3. The van der Waals surface area contributed by atoms with Crippen LogP contribution >= 0.6 is 0 Å². The Kier molecular flexibility index (Phi) is 21.3. The van der Waals surface area contributed by atoms with Gasteiger partial charge in [-0.3, -0.25) is 25.5 Å². The van der Waals surface area contributed by atoms with Gasteiger partial charge in [-0.1, -0.05) is 0 Å². The molecule has 13 N–H and O–H groups in total. The number of anilines is 9. The van der Waals surface area contributed by atoms with Crippen LogP contribution in [-0.2, 0) is 9.59 Å². The fourth-order valence-electron chi connectivity index (χ4n) is 7.32. The molecule has 0 fully saturated rings. The second-order valence-electron chi connectivity index (χ2n) is 17.7. The maximum absolute atomic E-state index is 12.2. The van der Waals surface area contributed by atoms with Crippen LogP contribution in [0.25, 0.3) is 0 Å². The summed E-state index contributed by atoms with van der Waals surface area (Å²) in [7, 11) is 0. The first-order chi connectivity index (χ1) is 39.1. The van der Waals surface area contributed by atoms with Gasteiger partial charge in [0.2, 0.25) is 50.0 Å². The number of benzene rings is 3. The molecule has 3 aromatic carbocycles. The average Bonchev–Trinajstić information content (AvgIpc) is 4.22. The molecule has 81 heavy (non-hydrogen) atoms. The molecule has 0 spiro atoms. The number of hydrogen-bond donors (Lipinski definition) is 12. The van der Waals surface area contributed by atoms with Crippen molar-refractivity contribution >= 4 is 82.3 Å². The maximum atomic E-state index is 12.2. The van der Waals surface area contributed by atoms with E-state index in [1.165, 1.54) is 13.8 Å². The van der Waals surface area contributed by atoms with Crippen molar-refractivity contribution in [2.24, 2.45) is 5.73 Å². The van der Waals surface area contributed by atoms with Crippen LogP contribution in [0.4, 0.5) is 66.7 Å². The van der Waals surface area contributed by atoms with Crippen molar-refractivity contribution in [2.45, 2.75) is 53.9 Å². The predicted molar refractivity (Wildman–Crippen MR) is 302 cm³/mol. The minimum absolute atomic E-state index is 0.0576. The zero-order valence-corrected chi connectivity index (χ0v) is 45.2. The average molecular weight is 1120 g/mol. The van der Waals surface area contributed by atoms with Crippen LogP contribution in [0.1, 0.15) is 50.2 Å². The molecule has 3 aliphatic rings. The first-order valence-electron chi connectivity index (χ1n) is 25.5. The van der Waals surface area contributed by atoms with Crippen LogP contribution in [0.2, 0.25) is 0 Å². The van der Waals surface area contributed by atoms with E-state index in [1.54, 1.807) is 72.8 Å². The van der Waals surface area contributed by atoms with Gasteiger partial charge in [-0.2, -0.15) is 15.0 Å². The van der Waals surface area contributed by atoms with Crippen molar-refractivity contribution in [1.29, 1.82) is 0 Å². The summed E-state index contributed by atoms with van der Waals surface area (Å²) in [6.07, 6.45) is 2.32. The highest BCUT2D eigenvalue weighted by molar-refractivity contribution is 6.00. The van der Waals surface area contributed by atoms with Gasteiger partial charge in [-0.05, 0) is 83.0 Å². The van der Waals surface area contributed by atoms with E-state index in [0.717, 1.165) is 25.0 Å². The molecule has 6 heterocycles. The number of nitrogens with two attached hydrogens (primary N) is 1. The summed E-state index contributed by atoms with van der Waals surface area (Å²) in [4.78, 5) is 83.8. The largest absolute Gasteiger partial charge is 0.454 e. The molecule has 3 aromatic heterocycles. The SMILES string of the molecule is CC(=O)NCCCNc1cc(C)nc(NC(=O)Nc2ccc3c(c2)OCO3)n1.CC(=O)NCCCNc1cc(C)nc(NC(=O)Nc2ccc3c(c2)OCO3)n1.Cc1cc(NCCCN)nc(NC(=O)Nc2ccc3c(c2)OCO3)n1. The second-order valence-corrected chi connectivity index (χ2v) is 17.7. The molecule has 0 saturated carbocycles. The number of amides is 8. The molecule has 0 unspecified atom stereocenters. The highest BCUT2D eigenvalue weighted by Gasteiger charge is 2.18. The number of rotatable bonds is 20. The molecule has 0 radical (unpaired) electrons. The molecule has 6 aromatic rings. The van der Waals surface area contributed by atoms with E-state index in [-0.39, 0.29) is 50.0 Å². The first-order valence-corrected chi connectivity index (χ1v) is 25.5. The number of ether oxygens (including phenoxy) is 6. The molecule has 428 valence electrons. The van der Waals surface area contributed by atoms with E-state index in [9.17, 15) is 24.0 Å². The Morgan fingerprint density at radius 1 is 0.407 bits per heavy atom. The molecule has 29 heteroatoms. The quantitative estimate of drug-likeness (QED) is 0.0384. The summed E-state index contributed by atoms with van der Waals surface area (Å²) in [5.74, 6) is 5.98. The van der Waals surface area contributed by atoms with E-state index in [2.05, 4.69) is 88.4 Å². The number of fused-ring (bicyclic) bond motifs is 3. The lowest BCUT2D eigenvalue weighted by molar-refractivity contribution is -0.119. The van der Waals surface area contributed by atoms with Gasteiger partial charge >= 0.3 is 18.1 Å². The van der Waals surface area contributed by atoms with Crippen LogP contribution in [-0.4, -0.2) is 119 Å². The fourth-order valence-corrected chi connectivity index (χ4v) is 7.32. The molecule has 3 aliphatic heterocycles. The summed E-state index contributed by atoms with van der Waals surface area (Å²) in [6, 6.07) is 19.4. The van der Waals surface area contributed by atoms with Gasteiger partial charge in [-0.15, -0.1) is 0 Å². The lowest BCUT2D eigenvalue weighted by Crippen LogP contribution is -2.23. The van der Waals surface area contributed by atoms with E-state index in [1.807, 2.05) is 20.8 Å². The zero-order chi connectivity index (χ0) is 57.5. The Morgan fingerprint density at radius 2 is 0.716 bits per heavy atom. The van der Waals surface area contributed by atoms with E-state index >= 15 is 0 Å². The zero-order valence-electron chi connectivity index (χ0n) is 45.2. The Hall–Kier alpha value is -10.2. The highest BCUT2D eigenvalue weighted by atomic mass is 16.7. The monoisotopic (exact) mass is 1120 g/mol. The van der Waals surface area contributed by atoms with Crippen molar-refractivity contribution in [3.05, 3.63) is 89.9 Å². The van der Waals surface area contributed by atoms with Crippen LogP contribution < -0.4 is 92.6 Å². The van der Waals surface area contributed by atoms with Crippen LogP contribution in [0.5, 0.6) is 34.5 Å². The topological polar surface area (TPSA) is 376 Å². The molecule has 9 rings (SSSR count). The van der Waals surface area contributed by atoms with Crippen molar-refractivity contribution in [2.75, 3.05) is 107 Å². The highest BCUT2D eigenvalue weighted by Crippen LogP contribution is 2.36. The summed E-state index contributed by atoms with van der Waals surface area (Å²) in [5, 5.41) is 30.9. The molecule has 0 bridgehead atoms. The minimum atomic E-state index is -0.471. The third-order valence-corrected chi connectivity index (χ3v) is 10.9. The summed E-state index contributed by atoms with van der Waals surface area (Å²) < 4.78 is 31.6. The summed E-state index contributed by atoms with van der Waals surface area (Å²) >= 11 is 0. The molecule has 0 aliphatic carbocycles. The Morgan fingerprint density at radius 3 is 1.02 bits per heavy atom. The molecule has 8 amide bonds. The van der Waals surface area contributed by atoms with Crippen molar-refractivity contribution in [1.82, 2.24) is 40.5 Å². The van der Waals surface area contributed by atoms with Gasteiger partial charge in [0.1, 0.15) is 17.5 Å².